The van der Waals surface area contributed by atoms with E-state index in [0.29, 0.717) is 5.92 Å². The van der Waals surface area contributed by atoms with E-state index in [0.717, 1.165) is 19.4 Å². The quantitative estimate of drug-likeness (QED) is 0.707. The maximum Gasteiger partial charge on any atom is 0.308 e. The second-order valence-electron chi connectivity index (χ2n) is 4.61. The van der Waals surface area contributed by atoms with Crippen molar-refractivity contribution in [2.24, 2.45) is 11.8 Å². The first-order chi connectivity index (χ1) is 6.79. The van der Waals surface area contributed by atoms with Crippen molar-refractivity contribution in [3.8, 4) is 0 Å². The minimum absolute atomic E-state index is 0.133. The summed E-state index contributed by atoms with van der Waals surface area (Å²) in [7, 11) is 0. The molecular weight excluding hydrogens is 178 g/mol. The van der Waals surface area contributed by atoms with Crippen LogP contribution < -0.4 is 5.32 Å². The first kappa shape index (κ1) is 9.97. The Balaban J connectivity index is 2.01. The van der Waals surface area contributed by atoms with Gasteiger partial charge in [-0.05, 0) is 38.1 Å². The first-order valence-electron chi connectivity index (χ1n) is 5.75. The molecule has 3 nitrogen and oxygen atoms in total. The van der Waals surface area contributed by atoms with Crippen molar-refractivity contribution in [3.63, 3.8) is 0 Å². The molecule has 0 radical (unpaired) electrons. The summed E-state index contributed by atoms with van der Waals surface area (Å²) in [6.45, 7) is 1.00. The molecule has 0 aromatic carbocycles. The number of hydrogen-bond donors (Lipinski definition) is 2. The molecule has 14 heavy (non-hydrogen) atoms. The number of carbonyl (C=O) groups is 1. The third-order valence-corrected chi connectivity index (χ3v) is 3.73. The Kier molecular flexibility index (Phi) is 3.06. The van der Waals surface area contributed by atoms with Gasteiger partial charge in [-0.25, -0.2) is 0 Å². The zero-order valence-corrected chi connectivity index (χ0v) is 8.54. The van der Waals surface area contributed by atoms with E-state index < -0.39 is 5.97 Å². The minimum atomic E-state index is -0.603. The smallest absolute Gasteiger partial charge is 0.308 e. The van der Waals surface area contributed by atoms with Gasteiger partial charge in [-0.2, -0.15) is 0 Å². The zero-order valence-electron chi connectivity index (χ0n) is 8.54. The second-order valence-corrected chi connectivity index (χ2v) is 4.61. The number of carboxylic acids is 1. The van der Waals surface area contributed by atoms with Gasteiger partial charge in [-0.3, -0.25) is 4.79 Å². The first-order valence-corrected chi connectivity index (χ1v) is 5.75. The van der Waals surface area contributed by atoms with Crippen molar-refractivity contribution in [1.29, 1.82) is 0 Å². The summed E-state index contributed by atoms with van der Waals surface area (Å²) >= 11 is 0. The van der Waals surface area contributed by atoms with Crippen LogP contribution in [0.15, 0.2) is 0 Å². The molecule has 1 aliphatic carbocycles. The molecule has 1 heterocycles. The Bertz CT molecular complexity index is 211. The number of hydrogen-bond acceptors (Lipinski definition) is 2. The summed E-state index contributed by atoms with van der Waals surface area (Å²) < 4.78 is 0. The average Bonchev–Trinajstić information content (AvgIpc) is 2.70. The van der Waals surface area contributed by atoms with E-state index in [4.69, 9.17) is 5.11 Å². The van der Waals surface area contributed by atoms with Crippen LogP contribution in [-0.2, 0) is 4.79 Å². The molecule has 80 valence electrons. The molecule has 1 unspecified atom stereocenters. The van der Waals surface area contributed by atoms with E-state index in [-0.39, 0.29) is 12.0 Å². The lowest BCUT2D eigenvalue weighted by molar-refractivity contribution is -0.144. The Morgan fingerprint density at radius 3 is 2.50 bits per heavy atom. The van der Waals surface area contributed by atoms with Gasteiger partial charge in [-0.1, -0.05) is 12.8 Å². The summed E-state index contributed by atoms with van der Waals surface area (Å²) in [4.78, 5) is 11.1. The van der Waals surface area contributed by atoms with Gasteiger partial charge in [-0.15, -0.1) is 0 Å². The summed E-state index contributed by atoms with van der Waals surface area (Å²) in [5.41, 5.74) is 0. The lowest BCUT2D eigenvalue weighted by Crippen LogP contribution is -2.48. The molecule has 2 rings (SSSR count). The van der Waals surface area contributed by atoms with Crippen LogP contribution in [-0.4, -0.2) is 23.7 Å². The van der Waals surface area contributed by atoms with Gasteiger partial charge in [0.2, 0.25) is 0 Å². The van der Waals surface area contributed by atoms with Gasteiger partial charge in [0.15, 0.2) is 0 Å². The lowest BCUT2D eigenvalue weighted by Gasteiger charge is -2.34. The highest BCUT2D eigenvalue weighted by molar-refractivity contribution is 5.71. The molecule has 1 saturated heterocycles. The van der Waals surface area contributed by atoms with Gasteiger partial charge in [0.05, 0.1) is 5.92 Å². The average molecular weight is 197 g/mol. The monoisotopic (exact) mass is 197 g/mol. The summed E-state index contributed by atoms with van der Waals surface area (Å²) in [6.07, 6.45) is 6.90. The fraction of sp³-hybridized carbons (Fsp3) is 0.909. The van der Waals surface area contributed by atoms with Crippen LogP contribution in [0.3, 0.4) is 0 Å². The fourth-order valence-corrected chi connectivity index (χ4v) is 3.00. The highest BCUT2D eigenvalue weighted by atomic mass is 16.4. The van der Waals surface area contributed by atoms with Crippen LogP contribution in [0.1, 0.15) is 38.5 Å². The van der Waals surface area contributed by atoms with Crippen molar-refractivity contribution in [2.75, 3.05) is 6.54 Å². The molecular formula is C11H19NO2. The van der Waals surface area contributed by atoms with E-state index in [9.17, 15) is 4.79 Å². The topological polar surface area (TPSA) is 49.3 Å². The molecule has 0 aromatic heterocycles. The standard InChI is InChI=1S/C11H19NO2/c13-11(14)9-6-3-7-12-10(9)8-4-1-2-5-8/h8-10,12H,1-7H2,(H,13,14)/t9?,10-/m0/s1. The highest BCUT2D eigenvalue weighted by Gasteiger charge is 2.36. The number of nitrogens with one attached hydrogen (secondary N) is 1. The molecule has 2 aliphatic rings. The van der Waals surface area contributed by atoms with Crippen LogP contribution in [0.2, 0.25) is 0 Å². The Morgan fingerprint density at radius 1 is 1.14 bits per heavy atom. The van der Waals surface area contributed by atoms with Crippen LogP contribution in [0, 0.1) is 11.8 Å². The van der Waals surface area contributed by atoms with Crippen LogP contribution in [0.4, 0.5) is 0 Å². The largest absolute Gasteiger partial charge is 0.481 e. The summed E-state index contributed by atoms with van der Waals surface area (Å²) in [5, 5.41) is 12.5. The number of piperidine rings is 1. The van der Waals surface area contributed by atoms with E-state index in [1.807, 2.05) is 0 Å². The fourth-order valence-electron chi connectivity index (χ4n) is 3.00. The van der Waals surface area contributed by atoms with Crippen molar-refractivity contribution >= 4 is 5.97 Å². The predicted octanol–water partition coefficient (Wildman–Crippen LogP) is 1.63. The van der Waals surface area contributed by atoms with Crippen LogP contribution in [0.5, 0.6) is 0 Å². The molecule has 3 heteroatoms. The maximum atomic E-state index is 11.1. The second kappa shape index (κ2) is 4.30. The molecule has 1 aliphatic heterocycles. The van der Waals surface area contributed by atoms with Crippen LogP contribution >= 0.6 is 0 Å². The van der Waals surface area contributed by atoms with E-state index in [1.165, 1.54) is 25.7 Å². The Hall–Kier alpha value is -0.570. The van der Waals surface area contributed by atoms with Gasteiger partial charge in [0.25, 0.3) is 0 Å². The van der Waals surface area contributed by atoms with E-state index >= 15 is 0 Å². The summed E-state index contributed by atoms with van der Waals surface area (Å²) in [6, 6.07) is 0.253. The lowest BCUT2D eigenvalue weighted by atomic mass is 9.82. The van der Waals surface area contributed by atoms with Gasteiger partial charge in [0, 0.05) is 6.04 Å². The molecule has 0 bridgehead atoms. The van der Waals surface area contributed by atoms with E-state index in [1.54, 1.807) is 0 Å². The molecule has 2 atom stereocenters. The minimum Gasteiger partial charge on any atom is -0.481 e. The third-order valence-electron chi connectivity index (χ3n) is 3.73. The molecule has 2 N–H and O–H groups in total. The van der Waals surface area contributed by atoms with Gasteiger partial charge < -0.3 is 10.4 Å². The molecule has 0 amide bonds. The van der Waals surface area contributed by atoms with Crippen LogP contribution in [0.25, 0.3) is 0 Å². The van der Waals surface area contributed by atoms with Gasteiger partial charge in [0.1, 0.15) is 0 Å². The third kappa shape index (κ3) is 1.92. The summed E-state index contributed by atoms with van der Waals surface area (Å²) in [5.74, 6) is -0.114. The van der Waals surface area contributed by atoms with E-state index in [2.05, 4.69) is 5.32 Å². The number of rotatable bonds is 2. The number of carboxylic acid groups (broad SMARTS) is 1. The molecule has 2 fully saturated rings. The van der Waals surface area contributed by atoms with Crippen molar-refractivity contribution in [2.45, 2.75) is 44.6 Å². The predicted molar refractivity (Wildman–Crippen MR) is 54.1 cm³/mol. The van der Waals surface area contributed by atoms with Gasteiger partial charge >= 0.3 is 5.97 Å². The number of aliphatic carboxylic acids is 1. The zero-order chi connectivity index (χ0) is 9.97. The molecule has 0 aromatic rings. The Morgan fingerprint density at radius 2 is 1.86 bits per heavy atom. The maximum absolute atomic E-state index is 11.1. The van der Waals surface area contributed by atoms with Crippen molar-refractivity contribution < 1.29 is 9.90 Å². The van der Waals surface area contributed by atoms with Crippen molar-refractivity contribution in [3.05, 3.63) is 0 Å². The Labute approximate surface area is 84.9 Å². The SMILES string of the molecule is O=C(O)C1CCCN[C@H]1C1CCCC1. The molecule has 1 saturated carbocycles. The normalized spacial score (nSPS) is 34.6. The van der Waals surface area contributed by atoms with Crippen molar-refractivity contribution in [1.82, 2.24) is 5.32 Å². The molecule has 0 spiro atoms. The highest BCUT2D eigenvalue weighted by Crippen LogP contribution is 2.33.